The van der Waals surface area contributed by atoms with Crippen molar-refractivity contribution in [3.05, 3.63) is 0 Å². The van der Waals surface area contributed by atoms with Crippen LogP contribution in [0.5, 0.6) is 0 Å². The summed E-state index contributed by atoms with van der Waals surface area (Å²) in [6.45, 7) is 1.76. The molecular weight excluding hydrogens is 272 g/mol. The second-order valence-corrected chi connectivity index (χ2v) is 4.63. The summed E-state index contributed by atoms with van der Waals surface area (Å²) in [4.78, 5) is 10.7. The number of Topliss-reactive ketones (excluding diaryl/α,β-unsaturated/α-hetero) is 1. The first-order valence-electron chi connectivity index (χ1n) is 7.76. The van der Waals surface area contributed by atoms with Gasteiger partial charge in [-0.15, -0.1) is 5.92 Å². The normalized spacial score (nSPS) is 8.09. The van der Waals surface area contributed by atoms with Gasteiger partial charge in [0.2, 0.25) is 0 Å². The molecule has 0 aromatic rings. The molecule has 1 N–H and O–H groups in total. The van der Waals surface area contributed by atoms with Crippen LogP contribution in [0.3, 0.4) is 0 Å². The zero-order valence-corrected chi connectivity index (χ0v) is 13.4. The van der Waals surface area contributed by atoms with Crippen molar-refractivity contribution in [2.75, 3.05) is 6.61 Å². The van der Waals surface area contributed by atoms with Crippen molar-refractivity contribution < 1.29 is 9.90 Å². The zero-order chi connectivity index (χ0) is 16.3. The van der Waals surface area contributed by atoms with Gasteiger partial charge in [-0.05, 0) is 6.42 Å². The first-order valence-corrected chi connectivity index (χ1v) is 7.76. The summed E-state index contributed by atoms with van der Waals surface area (Å²) in [6, 6.07) is 0. The number of ketones is 1. The van der Waals surface area contributed by atoms with E-state index in [-0.39, 0.29) is 12.2 Å². The molecule has 0 amide bonds. The highest BCUT2D eigenvalue weighted by molar-refractivity contribution is 5.81. The van der Waals surface area contributed by atoms with Crippen molar-refractivity contribution >= 4 is 5.78 Å². The molecule has 0 bridgehead atoms. The second-order valence-electron chi connectivity index (χ2n) is 4.63. The maximum atomic E-state index is 10.7. The topological polar surface area (TPSA) is 37.3 Å². The Hall–Kier alpha value is -2.13. The summed E-state index contributed by atoms with van der Waals surface area (Å²) in [7, 11) is 0. The molecule has 0 rings (SSSR count). The van der Waals surface area contributed by atoms with Gasteiger partial charge >= 0.3 is 0 Å². The maximum Gasteiger partial charge on any atom is 0.170 e. The van der Waals surface area contributed by atoms with Crippen molar-refractivity contribution in [1.82, 2.24) is 0 Å². The number of hydrogen-bond acceptors (Lipinski definition) is 2. The first-order chi connectivity index (χ1) is 10.8. The zero-order valence-electron chi connectivity index (χ0n) is 13.4. The molecular formula is C20H24O2. The van der Waals surface area contributed by atoms with Gasteiger partial charge in [-0.1, -0.05) is 67.6 Å². The SMILES string of the molecule is CCCCCCC#CCC#CCC#CCC#CCC(=O)CO. The van der Waals surface area contributed by atoms with Crippen LogP contribution < -0.4 is 0 Å². The molecule has 0 fully saturated rings. The molecule has 0 radical (unpaired) electrons. The number of hydrogen-bond donors (Lipinski definition) is 1. The minimum atomic E-state index is -0.447. The predicted molar refractivity (Wildman–Crippen MR) is 90.4 cm³/mol. The third-order valence-electron chi connectivity index (χ3n) is 2.65. The molecule has 0 spiro atoms. The summed E-state index contributed by atoms with van der Waals surface area (Å²) < 4.78 is 0. The Morgan fingerprint density at radius 1 is 0.773 bits per heavy atom. The smallest absolute Gasteiger partial charge is 0.170 e. The van der Waals surface area contributed by atoms with Gasteiger partial charge in [0.05, 0.1) is 25.7 Å². The van der Waals surface area contributed by atoms with Gasteiger partial charge in [-0.3, -0.25) is 4.79 Å². The molecule has 0 saturated heterocycles. The molecule has 0 aromatic heterocycles. The lowest BCUT2D eigenvalue weighted by Gasteiger charge is -1.91. The van der Waals surface area contributed by atoms with E-state index in [0.717, 1.165) is 6.42 Å². The molecule has 0 aliphatic heterocycles. The molecule has 0 aliphatic rings. The molecule has 0 aliphatic carbocycles. The van der Waals surface area contributed by atoms with Crippen LogP contribution in [-0.2, 0) is 4.79 Å². The molecule has 0 unspecified atom stereocenters. The van der Waals surface area contributed by atoms with Crippen LogP contribution in [0.2, 0.25) is 0 Å². The van der Waals surface area contributed by atoms with Crippen LogP contribution in [0.15, 0.2) is 0 Å². The van der Waals surface area contributed by atoms with E-state index in [1.807, 2.05) is 0 Å². The highest BCUT2D eigenvalue weighted by atomic mass is 16.3. The van der Waals surface area contributed by atoms with Crippen LogP contribution in [0, 0.1) is 47.4 Å². The molecule has 22 heavy (non-hydrogen) atoms. The van der Waals surface area contributed by atoms with Crippen molar-refractivity contribution in [3.8, 4) is 47.4 Å². The Morgan fingerprint density at radius 2 is 1.32 bits per heavy atom. The molecule has 2 heteroatoms. The van der Waals surface area contributed by atoms with E-state index < -0.39 is 6.61 Å². The monoisotopic (exact) mass is 296 g/mol. The third-order valence-corrected chi connectivity index (χ3v) is 2.65. The van der Waals surface area contributed by atoms with Gasteiger partial charge in [0.25, 0.3) is 0 Å². The molecule has 0 heterocycles. The van der Waals surface area contributed by atoms with Crippen LogP contribution in [-0.4, -0.2) is 17.5 Å². The van der Waals surface area contributed by atoms with Gasteiger partial charge in [0.15, 0.2) is 5.78 Å². The van der Waals surface area contributed by atoms with Crippen molar-refractivity contribution in [1.29, 1.82) is 0 Å². The number of aliphatic hydroxyl groups excluding tert-OH is 1. The number of aliphatic hydroxyl groups is 1. The lowest BCUT2D eigenvalue weighted by molar-refractivity contribution is -0.120. The number of unbranched alkanes of at least 4 members (excludes halogenated alkanes) is 4. The van der Waals surface area contributed by atoms with Gasteiger partial charge in [0, 0.05) is 6.42 Å². The highest BCUT2D eigenvalue weighted by Gasteiger charge is 1.92. The van der Waals surface area contributed by atoms with E-state index in [4.69, 9.17) is 5.11 Å². The van der Waals surface area contributed by atoms with Gasteiger partial charge < -0.3 is 5.11 Å². The lowest BCUT2D eigenvalue weighted by Crippen LogP contribution is -2.00. The second kappa shape index (κ2) is 16.9. The van der Waals surface area contributed by atoms with Crippen molar-refractivity contribution in [3.63, 3.8) is 0 Å². The summed E-state index contributed by atoms with van der Waals surface area (Å²) in [6.07, 6.45) is 7.63. The van der Waals surface area contributed by atoms with Crippen LogP contribution in [0.25, 0.3) is 0 Å². The highest BCUT2D eigenvalue weighted by Crippen LogP contribution is 2.00. The van der Waals surface area contributed by atoms with E-state index in [1.54, 1.807) is 0 Å². The van der Waals surface area contributed by atoms with Gasteiger partial charge in [-0.25, -0.2) is 0 Å². The Labute approximate surface area is 135 Å². The minimum absolute atomic E-state index is 0.0924. The molecule has 2 nitrogen and oxygen atoms in total. The quantitative estimate of drug-likeness (QED) is 0.604. The van der Waals surface area contributed by atoms with E-state index in [2.05, 4.69) is 54.3 Å². The Bertz CT molecular complexity index is 541. The molecule has 0 atom stereocenters. The fourth-order valence-electron chi connectivity index (χ4n) is 1.45. The van der Waals surface area contributed by atoms with Crippen molar-refractivity contribution in [2.45, 2.75) is 64.7 Å². The summed E-state index contributed by atoms with van der Waals surface area (Å²) in [5, 5.41) is 8.49. The minimum Gasteiger partial charge on any atom is -0.389 e. The standard InChI is InChI=1S/C20H24O2/c1-2-3-4-5-6-7-8-9-10-11-12-13-14-15-16-17-18-20(22)19-21/h21H,2-6,9,12,15,18-19H2,1H3. The van der Waals surface area contributed by atoms with Gasteiger partial charge in [-0.2, -0.15) is 0 Å². The van der Waals surface area contributed by atoms with E-state index in [0.29, 0.717) is 19.3 Å². The van der Waals surface area contributed by atoms with E-state index in [9.17, 15) is 4.79 Å². The third kappa shape index (κ3) is 15.9. The van der Waals surface area contributed by atoms with E-state index in [1.165, 1.54) is 25.7 Å². The van der Waals surface area contributed by atoms with Crippen LogP contribution in [0.4, 0.5) is 0 Å². The maximum absolute atomic E-state index is 10.7. The summed E-state index contributed by atoms with van der Waals surface area (Å²) in [5.74, 6) is 23.1. The number of carbonyl (C=O) groups excluding carboxylic acids is 1. The number of carbonyl (C=O) groups is 1. The summed E-state index contributed by atoms with van der Waals surface area (Å²) in [5.41, 5.74) is 0. The van der Waals surface area contributed by atoms with Crippen LogP contribution in [0.1, 0.15) is 64.7 Å². The van der Waals surface area contributed by atoms with Crippen molar-refractivity contribution in [2.24, 2.45) is 0 Å². The number of rotatable bonds is 6. The Kier molecular flexibility index (Phi) is 15.3. The Morgan fingerprint density at radius 3 is 1.86 bits per heavy atom. The largest absolute Gasteiger partial charge is 0.389 e. The fourth-order valence-corrected chi connectivity index (χ4v) is 1.45. The first kappa shape index (κ1) is 19.9. The van der Waals surface area contributed by atoms with Gasteiger partial charge in [0.1, 0.15) is 6.61 Å². The lowest BCUT2D eigenvalue weighted by atomic mass is 10.1. The van der Waals surface area contributed by atoms with E-state index >= 15 is 0 Å². The fraction of sp³-hybridized carbons (Fsp3) is 0.550. The molecule has 116 valence electrons. The Balaban J connectivity index is 3.63. The summed E-state index contributed by atoms with van der Waals surface area (Å²) >= 11 is 0. The average Bonchev–Trinajstić information content (AvgIpc) is 2.54. The molecule has 0 aromatic carbocycles. The predicted octanol–water partition coefficient (Wildman–Crippen LogP) is 3.09. The molecule has 0 saturated carbocycles. The van der Waals surface area contributed by atoms with Crippen LogP contribution >= 0.6 is 0 Å². The average molecular weight is 296 g/mol.